The maximum atomic E-state index is 11.7. The van der Waals surface area contributed by atoms with E-state index in [1.54, 1.807) is 25.1 Å². The Balaban J connectivity index is 1.81. The van der Waals surface area contributed by atoms with E-state index in [0.29, 0.717) is 28.9 Å². The molecule has 18 heavy (non-hydrogen) atoms. The van der Waals surface area contributed by atoms with Crippen LogP contribution >= 0.6 is 11.3 Å². The molecule has 0 atom stereocenters. The fraction of sp³-hybridized carbons (Fsp3) is 0.444. The number of anilines is 1. The largest absolute Gasteiger partial charge is 0.363 e. The van der Waals surface area contributed by atoms with Crippen LogP contribution in [0.1, 0.15) is 15.6 Å². The van der Waals surface area contributed by atoms with Gasteiger partial charge in [-0.15, -0.1) is 10.2 Å². The molecule has 0 bridgehead atoms. The van der Waals surface area contributed by atoms with Crippen molar-refractivity contribution in [2.45, 2.75) is 6.42 Å². The van der Waals surface area contributed by atoms with Crippen molar-refractivity contribution in [1.82, 2.24) is 30.3 Å². The zero-order valence-electron chi connectivity index (χ0n) is 10.0. The summed E-state index contributed by atoms with van der Waals surface area (Å²) in [5.74, 6) is 0.468. The van der Waals surface area contributed by atoms with Crippen molar-refractivity contribution in [2.75, 3.05) is 18.9 Å². The van der Waals surface area contributed by atoms with E-state index in [1.165, 1.54) is 11.3 Å². The molecule has 9 heteroatoms. The summed E-state index contributed by atoms with van der Waals surface area (Å²) in [5, 5.41) is 18.2. The van der Waals surface area contributed by atoms with Gasteiger partial charge < -0.3 is 10.6 Å². The van der Waals surface area contributed by atoms with E-state index >= 15 is 0 Å². The van der Waals surface area contributed by atoms with Gasteiger partial charge in [0.25, 0.3) is 5.91 Å². The summed E-state index contributed by atoms with van der Waals surface area (Å²) in [5.41, 5.74) is 0. The molecule has 2 N–H and O–H groups in total. The second-order valence-electron chi connectivity index (χ2n) is 3.50. The first-order chi connectivity index (χ1) is 8.69. The molecule has 0 spiro atoms. The number of aryl methyl sites for hydroxylation is 1. The van der Waals surface area contributed by atoms with Crippen molar-refractivity contribution >= 4 is 22.4 Å². The third-order valence-electron chi connectivity index (χ3n) is 2.11. The highest BCUT2D eigenvalue weighted by atomic mass is 32.1. The van der Waals surface area contributed by atoms with Gasteiger partial charge in [0.2, 0.25) is 10.1 Å². The smallest absolute Gasteiger partial charge is 0.282 e. The van der Waals surface area contributed by atoms with Gasteiger partial charge in [-0.2, -0.15) is 5.10 Å². The van der Waals surface area contributed by atoms with Crippen molar-refractivity contribution in [3.63, 3.8) is 0 Å². The Morgan fingerprint density at radius 3 is 2.94 bits per heavy atom. The summed E-state index contributed by atoms with van der Waals surface area (Å²) in [6.07, 6.45) is 2.21. The number of hydrogen-bond donors (Lipinski definition) is 2. The average molecular weight is 267 g/mol. The topological polar surface area (TPSA) is 97.6 Å². The predicted molar refractivity (Wildman–Crippen MR) is 66.5 cm³/mol. The first kappa shape index (κ1) is 12.4. The third kappa shape index (κ3) is 3.00. The number of nitrogens with one attached hydrogen (secondary N) is 2. The number of hydrogen-bond acceptors (Lipinski definition) is 7. The molecular weight excluding hydrogens is 254 g/mol. The highest BCUT2D eigenvalue weighted by Gasteiger charge is 2.11. The molecule has 0 saturated heterocycles. The minimum Gasteiger partial charge on any atom is -0.363 e. The number of carbonyl (C=O) groups is 1. The zero-order valence-corrected chi connectivity index (χ0v) is 10.9. The molecule has 1 amide bonds. The number of rotatable bonds is 5. The molecule has 2 heterocycles. The third-order valence-corrected chi connectivity index (χ3v) is 3.05. The maximum absolute atomic E-state index is 11.7. The van der Waals surface area contributed by atoms with E-state index in [2.05, 4.69) is 30.9 Å². The summed E-state index contributed by atoms with van der Waals surface area (Å²) in [7, 11) is 3.53. The van der Waals surface area contributed by atoms with Crippen LogP contribution in [0.3, 0.4) is 0 Å². The lowest BCUT2D eigenvalue weighted by molar-refractivity contribution is 0.0953. The standard InChI is InChI=1S/C9H13N7OS/c1-10-9-14-13-8(18-9)7(17)11-4-3-6-12-5-16(2)15-6/h5H,3-4H2,1-2H3,(H,10,14)(H,11,17). The molecule has 0 aromatic carbocycles. The molecular formula is C9H13N7OS. The number of amides is 1. The minimum atomic E-state index is -0.232. The van der Waals surface area contributed by atoms with Crippen LogP contribution in [0.15, 0.2) is 6.33 Å². The quantitative estimate of drug-likeness (QED) is 0.770. The van der Waals surface area contributed by atoms with Gasteiger partial charge in [-0.3, -0.25) is 9.48 Å². The van der Waals surface area contributed by atoms with Crippen LogP contribution in [0.25, 0.3) is 0 Å². The van der Waals surface area contributed by atoms with Crippen LogP contribution in [-0.2, 0) is 13.5 Å². The van der Waals surface area contributed by atoms with E-state index in [4.69, 9.17) is 0 Å². The van der Waals surface area contributed by atoms with Crippen molar-refractivity contribution in [2.24, 2.45) is 7.05 Å². The van der Waals surface area contributed by atoms with Crippen molar-refractivity contribution in [1.29, 1.82) is 0 Å². The van der Waals surface area contributed by atoms with Crippen LogP contribution in [-0.4, -0.2) is 44.5 Å². The highest BCUT2D eigenvalue weighted by molar-refractivity contribution is 7.17. The molecule has 2 rings (SSSR count). The normalized spacial score (nSPS) is 10.3. The summed E-state index contributed by atoms with van der Waals surface area (Å²) in [6, 6.07) is 0. The molecule has 0 fully saturated rings. The Kier molecular flexibility index (Phi) is 3.82. The molecule has 96 valence electrons. The molecule has 2 aromatic rings. The van der Waals surface area contributed by atoms with Gasteiger partial charge >= 0.3 is 0 Å². The predicted octanol–water partition coefficient (Wildman–Crippen LogP) is -0.319. The summed E-state index contributed by atoms with van der Waals surface area (Å²) in [4.78, 5) is 15.8. The second-order valence-corrected chi connectivity index (χ2v) is 4.48. The van der Waals surface area contributed by atoms with Gasteiger partial charge in [0.15, 0.2) is 5.82 Å². The van der Waals surface area contributed by atoms with E-state index < -0.39 is 0 Å². The number of carbonyl (C=O) groups excluding carboxylic acids is 1. The number of aromatic nitrogens is 5. The number of nitrogens with zero attached hydrogens (tertiary/aromatic N) is 5. The monoisotopic (exact) mass is 267 g/mol. The molecule has 2 aromatic heterocycles. The molecule has 0 aliphatic heterocycles. The molecule has 0 saturated carbocycles. The lowest BCUT2D eigenvalue weighted by Crippen LogP contribution is -2.25. The van der Waals surface area contributed by atoms with Gasteiger partial charge in [0.05, 0.1) is 0 Å². The van der Waals surface area contributed by atoms with E-state index in [1.807, 2.05) is 0 Å². The van der Waals surface area contributed by atoms with Crippen molar-refractivity contribution in [3.8, 4) is 0 Å². The molecule has 0 aliphatic rings. The Labute approximate surface area is 107 Å². The van der Waals surface area contributed by atoms with Crippen LogP contribution in [0.2, 0.25) is 0 Å². The summed E-state index contributed by atoms with van der Waals surface area (Å²) in [6.45, 7) is 0.470. The van der Waals surface area contributed by atoms with Crippen molar-refractivity contribution in [3.05, 3.63) is 17.2 Å². The zero-order chi connectivity index (χ0) is 13.0. The second kappa shape index (κ2) is 5.54. The molecule has 8 nitrogen and oxygen atoms in total. The van der Waals surface area contributed by atoms with Gasteiger partial charge in [-0.1, -0.05) is 11.3 Å². The van der Waals surface area contributed by atoms with E-state index in [-0.39, 0.29) is 5.91 Å². The molecule has 0 radical (unpaired) electrons. The maximum Gasteiger partial charge on any atom is 0.282 e. The minimum absolute atomic E-state index is 0.232. The lowest BCUT2D eigenvalue weighted by Gasteiger charge is -1.99. The fourth-order valence-electron chi connectivity index (χ4n) is 1.28. The Morgan fingerprint density at radius 1 is 1.50 bits per heavy atom. The average Bonchev–Trinajstić information content (AvgIpc) is 2.98. The first-order valence-electron chi connectivity index (χ1n) is 5.33. The molecule has 0 aliphatic carbocycles. The Bertz CT molecular complexity index is 535. The Morgan fingerprint density at radius 2 is 2.33 bits per heavy atom. The lowest BCUT2D eigenvalue weighted by atomic mass is 10.4. The SMILES string of the molecule is CNc1nnc(C(=O)NCCc2ncn(C)n2)s1. The van der Waals surface area contributed by atoms with Gasteiger partial charge in [0.1, 0.15) is 6.33 Å². The van der Waals surface area contributed by atoms with Crippen LogP contribution in [0.4, 0.5) is 5.13 Å². The van der Waals surface area contributed by atoms with Gasteiger partial charge in [-0.25, -0.2) is 4.98 Å². The van der Waals surface area contributed by atoms with Crippen LogP contribution < -0.4 is 10.6 Å². The van der Waals surface area contributed by atoms with Crippen LogP contribution in [0.5, 0.6) is 0 Å². The molecule has 0 unspecified atom stereocenters. The summed E-state index contributed by atoms with van der Waals surface area (Å²) < 4.78 is 1.63. The van der Waals surface area contributed by atoms with Gasteiger partial charge in [0, 0.05) is 27.1 Å². The summed E-state index contributed by atoms with van der Waals surface area (Å²) >= 11 is 1.21. The van der Waals surface area contributed by atoms with Gasteiger partial charge in [-0.05, 0) is 0 Å². The van der Waals surface area contributed by atoms with Crippen molar-refractivity contribution < 1.29 is 4.79 Å². The Hall–Kier alpha value is -2.03. The van der Waals surface area contributed by atoms with Crippen LogP contribution in [0, 0.1) is 0 Å². The first-order valence-corrected chi connectivity index (χ1v) is 6.14. The van der Waals surface area contributed by atoms with E-state index in [0.717, 1.165) is 0 Å². The van der Waals surface area contributed by atoms with E-state index in [9.17, 15) is 4.79 Å². The highest BCUT2D eigenvalue weighted by Crippen LogP contribution is 2.13. The fourth-order valence-corrected chi connectivity index (χ4v) is 1.89.